The maximum Gasteiger partial charge on any atom is 0.135 e. The van der Waals surface area contributed by atoms with E-state index in [2.05, 4.69) is 51.3 Å². The zero-order valence-corrected chi connectivity index (χ0v) is 12.7. The first-order chi connectivity index (χ1) is 8.74. The number of rotatable bonds is 4. The monoisotopic (exact) mass is 312 g/mol. The lowest BCUT2D eigenvalue weighted by Crippen LogP contribution is -2.45. The van der Waals surface area contributed by atoms with E-state index >= 15 is 0 Å². The number of halogens is 1. The summed E-state index contributed by atoms with van der Waals surface area (Å²) < 4.78 is 6.37. The van der Waals surface area contributed by atoms with Crippen molar-refractivity contribution in [3.05, 3.63) is 22.7 Å². The summed E-state index contributed by atoms with van der Waals surface area (Å²) in [4.78, 5) is 2.44. The van der Waals surface area contributed by atoms with Crippen LogP contribution in [0.1, 0.15) is 19.8 Å². The van der Waals surface area contributed by atoms with Crippen LogP contribution in [0.15, 0.2) is 22.7 Å². The van der Waals surface area contributed by atoms with Crippen LogP contribution in [-0.4, -0.2) is 32.8 Å². The van der Waals surface area contributed by atoms with Crippen molar-refractivity contribution in [3.63, 3.8) is 0 Å². The largest absolute Gasteiger partial charge is 0.495 e. The molecule has 2 rings (SSSR count). The molecular formula is C14H21BrN2O. The van der Waals surface area contributed by atoms with Crippen molar-refractivity contribution >= 4 is 21.6 Å². The Morgan fingerprint density at radius 3 is 3.06 bits per heavy atom. The lowest BCUT2D eigenvalue weighted by atomic mass is 10.0. The number of hydrogen-bond acceptors (Lipinski definition) is 3. The minimum atomic E-state index is 0.610. The fourth-order valence-corrected chi connectivity index (χ4v) is 2.92. The van der Waals surface area contributed by atoms with E-state index in [9.17, 15) is 0 Å². The van der Waals surface area contributed by atoms with Crippen molar-refractivity contribution in [3.8, 4) is 5.75 Å². The molecule has 1 aromatic carbocycles. The van der Waals surface area contributed by atoms with Crippen molar-refractivity contribution in [1.29, 1.82) is 0 Å². The average molecular weight is 313 g/mol. The molecule has 4 heteroatoms. The molecular weight excluding hydrogens is 292 g/mol. The lowest BCUT2D eigenvalue weighted by Gasteiger charge is -2.35. The Bertz CT molecular complexity index is 395. The molecule has 0 saturated carbocycles. The molecule has 0 aliphatic carbocycles. The highest BCUT2D eigenvalue weighted by Gasteiger charge is 2.19. The summed E-state index contributed by atoms with van der Waals surface area (Å²) in [6.07, 6.45) is 2.52. The van der Waals surface area contributed by atoms with Gasteiger partial charge >= 0.3 is 0 Å². The Labute approximate surface area is 118 Å². The number of nitrogens with zero attached hydrogens (tertiary/aromatic N) is 1. The summed E-state index contributed by atoms with van der Waals surface area (Å²) in [7, 11) is 1.71. The van der Waals surface area contributed by atoms with Gasteiger partial charge < -0.3 is 15.0 Å². The van der Waals surface area contributed by atoms with E-state index in [1.165, 1.54) is 18.5 Å². The highest BCUT2D eigenvalue weighted by atomic mass is 79.9. The van der Waals surface area contributed by atoms with Crippen LogP contribution < -0.4 is 15.0 Å². The zero-order valence-electron chi connectivity index (χ0n) is 11.1. The normalized spacial score (nSPS) is 19.9. The first-order valence-electron chi connectivity index (χ1n) is 6.56. The lowest BCUT2D eigenvalue weighted by molar-refractivity contribution is 0.410. The van der Waals surface area contributed by atoms with Crippen LogP contribution in [0.2, 0.25) is 0 Å². The Morgan fingerprint density at radius 1 is 1.50 bits per heavy atom. The van der Waals surface area contributed by atoms with Gasteiger partial charge in [-0.2, -0.15) is 0 Å². The van der Waals surface area contributed by atoms with E-state index in [4.69, 9.17) is 4.74 Å². The van der Waals surface area contributed by atoms with Gasteiger partial charge in [-0.05, 0) is 47.4 Å². The minimum Gasteiger partial charge on any atom is -0.495 e. The number of ether oxygens (including phenoxy) is 1. The first kappa shape index (κ1) is 13.7. The molecule has 1 aromatic rings. The second-order valence-corrected chi connectivity index (χ2v) is 5.52. The molecule has 0 bridgehead atoms. The highest BCUT2D eigenvalue weighted by molar-refractivity contribution is 9.10. The second-order valence-electron chi connectivity index (χ2n) is 4.66. The highest BCUT2D eigenvalue weighted by Crippen LogP contribution is 2.30. The number of anilines is 1. The summed E-state index contributed by atoms with van der Waals surface area (Å²) in [5.74, 6) is 0.901. The zero-order chi connectivity index (χ0) is 13.0. The quantitative estimate of drug-likeness (QED) is 0.925. The van der Waals surface area contributed by atoms with Gasteiger partial charge in [-0.1, -0.05) is 6.92 Å². The molecule has 1 aliphatic rings. The number of hydrogen-bond donors (Lipinski definition) is 1. The van der Waals surface area contributed by atoms with Crippen LogP contribution in [-0.2, 0) is 0 Å². The Kier molecular flexibility index (Phi) is 4.89. The summed E-state index contributed by atoms with van der Waals surface area (Å²) in [5, 5.41) is 3.54. The van der Waals surface area contributed by atoms with E-state index in [-0.39, 0.29) is 0 Å². The third-order valence-corrected chi connectivity index (χ3v) is 4.07. The van der Waals surface area contributed by atoms with E-state index in [0.29, 0.717) is 6.04 Å². The van der Waals surface area contributed by atoms with Crippen LogP contribution in [0.3, 0.4) is 0 Å². The fraction of sp³-hybridized carbons (Fsp3) is 0.571. The number of methoxy groups -OCH3 is 1. The molecule has 1 atom stereocenters. The molecule has 1 fully saturated rings. The van der Waals surface area contributed by atoms with Crippen LogP contribution in [0.5, 0.6) is 5.75 Å². The van der Waals surface area contributed by atoms with Gasteiger partial charge in [0, 0.05) is 30.9 Å². The van der Waals surface area contributed by atoms with Gasteiger partial charge in [0.1, 0.15) is 5.75 Å². The minimum absolute atomic E-state index is 0.610. The Morgan fingerprint density at radius 2 is 2.33 bits per heavy atom. The van der Waals surface area contributed by atoms with Crippen molar-refractivity contribution < 1.29 is 4.74 Å². The van der Waals surface area contributed by atoms with E-state index < -0.39 is 0 Å². The second kappa shape index (κ2) is 6.43. The van der Waals surface area contributed by atoms with Crippen molar-refractivity contribution in [2.45, 2.75) is 25.8 Å². The molecule has 0 amide bonds. The SMILES string of the molecule is CCNC1CCCN(c2ccc(Br)c(OC)c2)C1. The van der Waals surface area contributed by atoms with Crippen molar-refractivity contribution in [2.75, 3.05) is 31.6 Å². The smallest absolute Gasteiger partial charge is 0.135 e. The van der Waals surface area contributed by atoms with Crippen LogP contribution in [0.25, 0.3) is 0 Å². The molecule has 1 aliphatic heterocycles. The molecule has 100 valence electrons. The van der Waals surface area contributed by atoms with Crippen LogP contribution in [0.4, 0.5) is 5.69 Å². The summed E-state index contributed by atoms with van der Waals surface area (Å²) in [6, 6.07) is 6.93. The van der Waals surface area contributed by atoms with Gasteiger partial charge in [0.15, 0.2) is 0 Å². The maximum absolute atomic E-state index is 5.36. The van der Waals surface area contributed by atoms with Gasteiger partial charge in [-0.15, -0.1) is 0 Å². The third kappa shape index (κ3) is 3.18. The number of benzene rings is 1. The predicted octanol–water partition coefficient (Wildman–Crippen LogP) is 3.04. The van der Waals surface area contributed by atoms with Gasteiger partial charge in [-0.25, -0.2) is 0 Å². The van der Waals surface area contributed by atoms with Crippen molar-refractivity contribution in [1.82, 2.24) is 5.32 Å². The Hall–Kier alpha value is -0.740. The standard InChI is InChI=1S/C14H21BrN2O/c1-3-16-11-5-4-8-17(10-11)12-6-7-13(15)14(9-12)18-2/h6-7,9,11,16H,3-5,8,10H2,1-2H3. The van der Waals surface area contributed by atoms with Gasteiger partial charge in [0.05, 0.1) is 11.6 Å². The molecule has 1 saturated heterocycles. The van der Waals surface area contributed by atoms with E-state index in [0.717, 1.165) is 29.9 Å². The predicted molar refractivity (Wildman–Crippen MR) is 79.6 cm³/mol. The van der Waals surface area contributed by atoms with Gasteiger partial charge in [0.2, 0.25) is 0 Å². The molecule has 18 heavy (non-hydrogen) atoms. The number of piperidine rings is 1. The van der Waals surface area contributed by atoms with Crippen LogP contribution in [0, 0.1) is 0 Å². The van der Waals surface area contributed by atoms with E-state index in [1.807, 2.05) is 0 Å². The van der Waals surface area contributed by atoms with Gasteiger partial charge in [0.25, 0.3) is 0 Å². The molecule has 1 heterocycles. The molecule has 1 N–H and O–H groups in total. The summed E-state index contributed by atoms with van der Waals surface area (Å²) in [5.41, 5.74) is 1.25. The molecule has 1 unspecified atom stereocenters. The van der Waals surface area contributed by atoms with E-state index in [1.54, 1.807) is 7.11 Å². The van der Waals surface area contributed by atoms with Crippen LogP contribution >= 0.6 is 15.9 Å². The topological polar surface area (TPSA) is 24.5 Å². The number of nitrogens with one attached hydrogen (secondary N) is 1. The Balaban J connectivity index is 2.10. The number of likely N-dealkylation sites (N-methyl/N-ethyl adjacent to an activating group) is 1. The van der Waals surface area contributed by atoms with Gasteiger partial charge in [-0.3, -0.25) is 0 Å². The summed E-state index contributed by atoms with van der Waals surface area (Å²) >= 11 is 3.50. The first-order valence-corrected chi connectivity index (χ1v) is 7.35. The average Bonchev–Trinajstić information content (AvgIpc) is 2.40. The molecule has 3 nitrogen and oxygen atoms in total. The third-order valence-electron chi connectivity index (χ3n) is 3.41. The maximum atomic E-state index is 5.36. The molecule has 0 radical (unpaired) electrons. The summed E-state index contributed by atoms with van der Waals surface area (Å²) in [6.45, 7) is 5.43. The fourth-order valence-electron chi connectivity index (χ4n) is 2.51. The molecule has 0 aromatic heterocycles. The molecule has 0 spiro atoms. The van der Waals surface area contributed by atoms with Crippen molar-refractivity contribution in [2.24, 2.45) is 0 Å².